The molecule has 100 valence electrons. The normalized spacial score (nSPS) is 10.6. The molecule has 0 unspecified atom stereocenters. The molecule has 0 aliphatic rings. The predicted octanol–water partition coefficient (Wildman–Crippen LogP) is 2.48. The minimum atomic E-state index is -0.851. The summed E-state index contributed by atoms with van der Waals surface area (Å²) in [5.41, 5.74) is 2.31. The number of carboxylic acids is 1. The van der Waals surface area contributed by atoms with E-state index in [0.29, 0.717) is 11.4 Å². The van der Waals surface area contributed by atoms with Gasteiger partial charge in [0, 0.05) is 23.8 Å². The Morgan fingerprint density at radius 1 is 1.42 bits per heavy atom. The van der Waals surface area contributed by atoms with Crippen LogP contribution in [0.1, 0.15) is 25.7 Å². The number of rotatable bonds is 6. The summed E-state index contributed by atoms with van der Waals surface area (Å²) in [4.78, 5) is 16.3. The predicted molar refractivity (Wildman–Crippen MR) is 75.7 cm³/mol. The van der Waals surface area contributed by atoms with Gasteiger partial charge in [-0.25, -0.2) is 4.79 Å². The number of aromatic carboxylic acids is 1. The highest BCUT2D eigenvalue weighted by Gasteiger charge is 2.10. The van der Waals surface area contributed by atoms with Gasteiger partial charge < -0.3 is 10.4 Å². The van der Waals surface area contributed by atoms with Crippen molar-refractivity contribution < 1.29 is 9.90 Å². The number of carboxylic acid groups (broad SMARTS) is 1. The van der Waals surface area contributed by atoms with Crippen molar-refractivity contribution in [2.24, 2.45) is 0 Å². The van der Waals surface area contributed by atoms with Crippen molar-refractivity contribution in [3.8, 4) is 0 Å². The van der Waals surface area contributed by atoms with E-state index in [1.165, 1.54) is 16.9 Å². The summed E-state index contributed by atoms with van der Waals surface area (Å²) in [5.74, 6) is -0.851. The van der Waals surface area contributed by atoms with Gasteiger partial charge in [0.15, 0.2) is 0 Å². The molecule has 0 bridgehead atoms. The molecule has 0 saturated heterocycles. The van der Waals surface area contributed by atoms with Crippen molar-refractivity contribution in [2.45, 2.75) is 19.9 Å². The molecule has 19 heavy (non-hydrogen) atoms. The maximum atomic E-state index is 10.9. The standard InChI is InChI=1S/C14H16N2O2S/c1-10-12(8-13(19-10)14(17)18)9-16-7-4-11-2-5-15-6-3-11/h2-3,5-6,8,16H,4,7,9H2,1H3,(H,17,18). The van der Waals surface area contributed by atoms with Gasteiger partial charge in [0.1, 0.15) is 4.88 Å². The Balaban J connectivity index is 1.81. The molecule has 0 atom stereocenters. The fraction of sp³-hybridized carbons (Fsp3) is 0.286. The first-order valence-electron chi connectivity index (χ1n) is 6.09. The van der Waals surface area contributed by atoms with Gasteiger partial charge in [-0.2, -0.15) is 0 Å². The minimum absolute atomic E-state index is 0.406. The lowest BCUT2D eigenvalue weighted by atomic mass is 10.2. The average molecular weight is 276 g/mol. The van der Waals surface area contributed by atoms with Crippen LogP contribution in [0.25, 0.3) is 0 Å². The number of hydrogen-bond donors (Lipinski definition) is 2. The molecule has 0 saturated carbocycles. The number of thiophene rings is 1. The zero-order chi connectivity index (χ0) is 13.7. The Kier molecular flexibility index (Phi) is 4.65. The van der Waals surface area contributed by atoms with Crippen LogP contribution in [0.5, 0.6) is 0 Å². The lowest BCUT2D eigenvalue weighted by molar-refractivity contribution is 0.0702. The van der Waals surface area contributed by atoms with Gasteiger partial charge in [0.25, 0.3) is 0 Å². The highest BCUT2D eigenvalue weighted by atomic mass is 32.1. The Labute approximate surface area is 116 Å². The first-order valence-corrected chi connectivity index (χ1v) is 6.90. The van der Waals surface area contributed by atoms with Crippen LogP contribution in [0.15, 0.2) is 30.6 Å². The maximum absolute atomic E-state index is 10.9. The van der Waals surface area contributed by atoms with E-state index in [1.807, 2.05) is 19.1 Å². The molecule has 2 N–H and O–H groups in total. The molecule has 0 spiro atoms. The van der Waals surface area contributed by atoms with E-state index < -0.39 is 5.97 Å². The van der Waals surface area contributed by atoms with Crippen LogP contribution in [0.2, 0.25) is 0 Å². The largest absolute Gasteiger partial charge is 0.477 e. The first kappa shape index (κ1) is 13.7. The van der Waals surface area contributed by atoms with Gasteiger partial charge >= 0.3 is 5.97 Å². The zero-order valence-corrected chi connectivity index (χ0v) is 11.5. The number of aryl methyl sites for hydroxylation is 1. The number of hydrogen-bond acceptors (Lipinski definition) is 4. The number of pyridine rings is 1. The Morgan fingerprint density at radius 2 is 2.16 bits per heavy atom. The maximum Gasteiger partial charge on any atom is 0.345 e. The summed E-state index contributed by atoms with van der Waals surface area (Å²) in [7, 11) is 0. The molecule has 5 heteroatoms. The number of carbonyl (C=O) groups is 1. The summed E-state index contributed by atoms with van der Waals surface area (Å²) < 4.78 is 0. The van der Waals surface area contributed by atoms with Crippen LogP contribution in [0.4, 0.5) is 0 Å². The van der Waals surface area contributed by atoms with Crippen molar-refractivity contribution in [1.82, 2.24) is 10.3 Å². The van der Waals surface area contributed by atoms with E-state index in [4.69, 9.17) is 5.11 Å². The van der Waals surface area contributed by atoms with Gasteiger partial charge in [0.05, 0.1) is 0 Å². The smallest absolute Gasteiger partial charge is 0.345 e. The molecule has 0 aromatic carbocycles. The summed E-state index contributed by atoms with van der Waals surface area (Å²) in [6, 6.07) is 5.75. The van der Waals surface area contributed by atoms with E-state index in [1.54, 1.807) is 18.5 Å². The molecule has 2 heterocycles. The van der Waals surface area contributed by atoms with Crippen LogP contribution in [0, 0.1) is 6.92 Å². The highest BCUT2D eigenvalue weighted by molar-refractivity contribution is 7.14. The molecule has 2 aromatic rings. The number of nitrogens with one attached hydrogen (secondary N) is 1. The van der Waals surface area contributed by atoms with Crippen molar-refractivity contribution in [2.75, 3.05) is 6.54 Å². The average Bonchev–Trinajstić information content (AvgIpc) is 2.78. The van der Waals surface area contributed by atoms with Crippen LogP contribution in [-0.4, -0.2) is 22.6 Å². The Bertz CT molecular complexity index is 552. The van der Waals surface area contributed by atoms with E-state index in [-0.39, 0.29) is 0 Å². The third-order valence-corrected chi connectivity index (χ3v) is 3.97. The third kappa shape index (κ3) is 3.87. The molecule has 0 aliphatic carbocycles. The minimum Gasteiger partial charge on any atom is -0.477 e. The van der Waals surface area contributed by atoms with Crippen LogP contribution in [-0.2, 0) is 13.0 Å². The zero-order valence-electron chi connectivity index (χ0n) is 10.7. The second-order valence-corrected chi connectivity index (χ2v) is 5.54. The van der Waals surface area contributed by atoms with E-state index >= 15 is 0 Å². The third-order valence-electron chi connectivity index (χ3n) is 2.89. The highest BCUT2D eigenvalue weighted by Crippen LogP contribution is 2.21. The molecule has 0 amide bonds. The SMILES string of the molecule is Cc1sc(C(=O)O)cc1CNCCc1ccncc1. The lowest BCUT2D eigenvalue weighted by Crippen LogP contribution is -2.16. The monoisotopic (exact) mass is 276 g/mol. The van der Waals surface area contributed by atoms with Crippen molar-refractivity contribution in [1.29, 1.82) is 0 Å². The Morgan fingerprint density at radius 3 is 2.79 bits per heavy atom. The fourth-order valence-corrected chi connectivity index (χ4v) is 2.69. The molecular weight excluding hydrogens is 260 g/mol. The molecule has 0 fully saturated rings. The van der Waals surface area contributed by atoms with Gasteiger partial charge in [-0.15, -0.1) is 11.3 Å². The Hall–Kier alpha value is -1.72. The number of aromatic nitrogens is 1. The van der Waals surface area contributed by atoms with E-state index in [0.717, 1.165) is 23.4 Å². The van der Waals surface area contributed by atoms with Gasteiger partial charge in [-0.05, 0) is 49.2 Å². The van der Waals surface area contributed by atoms with Crippen molar-refractivity contribution in [3.63, 3.8) is 0 Å². The van der Waals surface area contributed by atoms with Crippen molar-refractivity contribution >= 4 is 17.3 Å². The summed E-state index contributed by atoms with van der Waals surface area (Å²) in [5, 5.41) is 12.3. The molecular formula is C14H16N2O2S. The fourth-order valence-electron chi connectivity index (χ4n) is 1.81. The van der Waals surface area contributed by atoms with Gasteiger partial charge in [-0.3, -0.25) is 4.98 Å². The summed E-state index contributed by atoms with van der Waals surface area (Å²) in [6.07, 6.45) is 4.52. The van der Waals surface area contributed by atoms with Crippen molar-refractivity contribution in [3.05, 3.63) is 51.5 Å². The first-order chi connectivity index (χ1) is 9.16. The van der Waals surface area contributed by atoms with E-state index in [9.17, 15) is 4.79 Å². The summed E-state index contributed by atoms with van der Waals surface area (Å²) in [6.45, 7) is 3.53. The molecule has 0 aliphatic heterocycles. The molecule has 4 nitrogen and oxygen atoms in total. The van der Waals surface area contributed by atoms with Crippen LogP contribution in [0.3, 0.4) is 0 Å². The summed E-state index contributed by atoms with van der Waals surface area (Å²) >= 11 is 1.33. The lowest BCUT2D eigenvalue weighted by Gasteiger charge is -2.04. The van der Waals surface area contributed by atoms with Crippen LogP contribution >= 0.6 is 11.3 Å². The van der Waals surface area contributed by atoms with Gasteiger partial charge in [-0.1, -0.05) is 0 Å². The number of nitrogens with zero attached hydrogens (tertiary/aromatic N) is 1. The second-order valence-electron chi connectivity index (χ2n) is 4.28. The molecule has 2 rings (SSSR count). The quantitative estimate of drug-likeness (QED) is 0.796. The second kappa shape index (κ2) is 6.45. The van der Waals surface area contributed by atoms with E-state index in [2.05, 4.69) is 10.3 Å². The molecule has 0 radical (unpaired) electrons. The van der Waals surface area contributed by atoms with Gasteiger partial charge in [0.2, 0.25) is 0 Å². The molecule has 2 aromatic heterocycles. The van der Waals surface area contributed by atoms with Crippen LogP contribution < -0.4 is 5.32 Å². The topological polar surface area (TPSA) is 62.2 Å².